The van der Waals surface area contributed by atoms with Gasteiger partial charge >= 0.3 is 0 Å². The smallest absolute Gasteiger partial charge is 0.265 e. The molecule has 0 aliphatic carbocycles. The standard InChI is InChI=1S/C26H30N4O3/c1-29(2)28-26(33)23-8-4-6-21(14-23)17-30(16-19-9-11-24(31)12-10-19)18-25(32)22-7-3-5-20(13-22)15-27/h3-14,31H,15-18,27H2,1-2H3,(H,28,33). The Morgan fingerprint density at radius 3 is 2.12 bits per heavy atom. The summed E-state index contributed by atoms with van der Waals surface area (Å²) < 4.78 is 0. The van der Waals surface area contributed by atoms with Gasteiger partial charge in [-0.3, -0.25) is 19.9 Å². The van der Waals surface area contributed by atoms with Gasteiger partial charge in [-0.2, -0.15) is 0 Å². The van der Waals surface area contributed by atoms with E-state index in [1.165, 1.54) is 0 Å². The lowest BCUT2D eigenvalue weighted by molar-refractivity contribution is 0.0854. The second-order valence-electron chi connectivity index (χ2n) is 8.18. The third kappa shape index (κ3) is 7.25. The molecule has 0 fully saturated rings. The molecule has 0 radical (unpaired) electrons. The van der Waals surface area contributed by atoms with Crippen molar-refractivity contribution in [2.24, 2.45) is 5.73 Å². The molecule has 3 rings (SSSR count). The highest BCUT2D eigenvalue weighted by molar-refractivity contribution is 5.97. The second-order valence-corrected chi connectivity index (χ2v) is 8.18. The van der Waals surface area contributed by atoms with E-state index in [1.54, 1.807) is 43.4 Å². The van der Waals surface area contributed by atoms with Crippen LogP contribution >= 0.6 is 0 Å². The van der Waals surface area contributed by atoms with E-state index in [-0.39, 0.29) is 24.0 Å². The molecule has 0 aliphatic rings. The first-order valence-electron chi connectivity index (χ1n) is 10.7. The normalized spacial score (nSPS) is 11.1. The van der Waals surface area contributed by atoms with Crippen molar-refractivity contribution in [2.75, 3.05) is 20.6 Å². The van der Waals surface area contributed by atoms with E-state index in [2.05, 4.69) is 5.43 Å². The number of aromatic hydroxyl groups is 1. The van der Waals surface area contributed by atoms with Gasteiger partial charge in [0.15, 0.2) is 5.78 Å². The number of nitrogens with one attached hydrogen (secondary N) is 1. The van der Waals surface area contributed by atoms with E-state index in [0.717, 1.165) is 16.7 Å². The lowest BCUT2D eigenvalue weighted by atomic mass is 10.1. The van der Waals surface area contributed by atoms with Crippen LogP contribution in [0.5, 0.6) is 5.75 Å². The Morgan fingerprint density at radius 2 is 1.45 bits per heavy atom. The topological polar surface area (TPSA) is 98.9 Å². The fourth-order valence-corrected chi connectivity index (χ4v) is 3.53. The maximum Gasteiger partial charge on any atom is 0.265 e. The van der Waals surface area contributed by atoms with Crippen molar-refractivity contribution < 1.29 is 14.7 Å². The zero-order valence-corrected chi connectivity index (χ0v) is 19.0. The van der Waals surface area contributed by atoms with Crippen molar-refractivity contribution in [3.63, 3.8) is 0 Å². The van der Waals surface area contributed by atoms with Crippen LogP contribution in [0.4, 0.5) is 0 Å². The minimum atomic E-state index is -0.193. The van der Waals surface area contributed by atoms with Gasteiger partial charge in [0, 0.05) is 44.9 Å². The summed E-state index contributed by atoms with van der Waals surface area (Å²) >= 11 is 0. The number of rotatable bonds is 10. The van der Waals surface area contributed by atoms with Crippen LogP contribution in [0.3, 0.4) is 0 Å². The van der Waals surface area contributed by atoms with Crippen LogP contribution in [0.25, 0.3) is 0 Å². The van der Waals surface area contributed by atoms with Crippen LogP contribution in [-0.4, -0.2) is 47.3 Å². The number of phenolic OH excluding ortho intramolecular Hbond substituents is 1. The van der Waals surface area contributed by atoms with Crippen LogP contribution in [-0.2, 0) is 19.6 Å². The van der Waals surface area contributed by atoms with Gasteiger partial charge in [0.05, 0.1) is 6.54 Å². The molecule has 0 aliphatic heterocycles. The Morgan fingerprint density at radius 1 is 0.848 bits per heavy atom. The molecular formula is C26H30N4O3. The predicted molar refractivity (Wildman–Crippen MR) is 128 cm³/mol. The van der Waals surface area contributed by atoms with E-state index >= 15 is 0 Å². The van der Waals surface area contributed by atoms with Crippen molar-refractivity contribution in [3.05, 3.63) is 101 Å². The lowest BCUT2D eigenvalue weighted by Crippen LogP contribution is -2.36. The second kappa shape index (κ2) is 11.4. The molecule has 0 aromatic heterocycles. The molecule has 0 unspecified atom stereocenters. The minimum Gasteiger partial charge on any atom is -0.508 e. The Kier molecular flexibility index (Phi) is 8.32. The molecular weight excluding hydrogens is 416 g/mol. The zero-order valence-electron chi connectivity index (χ0n) is 19.0. The number of phenols is 1. The Labute approximate surface area is 194 Å². The molecule has 0 atom stereocenters. The molecule has 0 heterocycles. The van der Waals surface area contributed by atoms with Crippen molar-refractivity contribution in [1.29, 1.82) is 0 Å². The van der Waals surface area contributed by atoms with Gasteiger partial charge in [-0.1, -0.05) is 42.5 Å². The Hall–Kier alpha value is -3.52. The number of benzene rings is 3. The average molecular weight is 447 g/mol. The highest BCUT2D eigenvalue weighted by Gasteiger charge is 2.16. The number of hydrogen-bond donors (Lipinski definition) is 3. The molecule has 3 aromatic carbocycles. The summed E-state index contributed by atoms with van der Waals surface area (Å²) in [5, 5.41) is 11.2. The van der Waals surface area contributed by atoms with Gasteiger partial charge in [-0.05, 0) is 47.0 Å². The van der Waals surface area contributed by atoms with Gasteiger partial charge in [0.1, 0.15) is 5.75 Å². The van der Waals surface area contributed by atoms with Gasteiger partial charge in [0.25, 0.3) is 5.91 Å². The first-order valence-corrected chi connectivity index (χ1v) is 10.7. The average Bonchev–Trinajstić information content (AvgIpc) is 2.80. The fourth-order valence-electron chi connectivity index (χ4n) is 3.53. The van der Waals surface area contributed by atoms with E-state index in [0.29, 0.717) is 30.8 Å². The Balaban J connectivity index is 1.81. The molecule has 0 saturated carbocycles. The van der Waals surface area contributed by atoms with Crippen molar-refractivity contribution in [3.8, 4) is 5.75 Å². The minimum absolute atomic E-state index is 0.00872. The molecule has 0 saturated heterocycles. The number of carbonyl (C=O) groups excluding carboxylic acids is 2. The summed E-state index contributed by atoms with van der Waals surface area (Å²) in [5.41, 5.74) is 12.4. The highest BCUT2D eigenvalue weighted by atomic mass is 16.3. The molecule has 172 valence electrons. The number of nitrogens with zero attached hydrogens (tertiary/aromatic N) is 2. The summed E-state index contributed by atoms with van der Waals surface area (Å²) in [6, 6.07) is 21.7. The van der Waals surface area contributed by atoms with Crippen LogP contribution in [0.2, 0.25) is 0 Å². The summed E-state index contributed by atoms with van der Waals surface area (Å²) in [6.07, 6.45) is 0. The monoisotopic (exact) mass is 446 g/mol. The first-order chi connectivity index (χ1) is 15.8. The van der Waals surface area contributed by atoms with Crippen LogP contribution in [0.15, 0.2) is 72.8 Å². The molecule has 0 bridgehead atoms. The number of nitrogens with two attached hydrogens (primary N) is 1. The van der Waals surface area contributed by atoms with Crippen LogP contribution < -0.4 is 11.2 Å². The largest absolute Gasteiger partial charge is 0.508 e. The summed E-state index contributed by atoms with van der Waals surface area (Å²) in [7, 11) is 3.51. The Bertz CT molecular complexity index is 1100. The summed E-state index contributed by atoms with van der Waals surface area (Å²) in [5.74, 6) is -0.00761. The molecule has 7 heteroatoms. The maximum atomic E-state index is 13.1. The third-order valence-corrected chi connectivity index (χ3v) is 5.11. The van der Waals surface area contributed by atoms with Gasteiger partial charge in [-0.25, -0.2) is 5.01 Å². The predicted octanol–water partition coefficient (Wildman–Crippen LogP) is 2.94. The first kappa shape index (κ1) is 24.1. The van der Waals surface area contributed by atoms with Crippen LogP contribution in [0, 0.1) is 0 Å². The van der Waals surface area contributed by atoms with Gasteiger partial charge in [-0.15, -0.1) is 0 Å². The molecule has 4 N–H and O–H groups in total. The number of carbonyl (C=O) groups is 2. The van der Waals surface area contributed by atoms with E-state index in [4.69, 9.17) is 5.73 Å². The van der Waals surface area contributed by atoms with Crippen LogP contribution in [0.1, 0.15) is 37.4 Å². The number of ketones is 1. The highest BCUT2D eigenvalue weighted by Crippen LogP contribution is 2.16. The molecule has 0 spiro atoms. The third-order valence-electron chi connectivity index (χ3n) is 5.11. The SMILES string of the molecule is CN(C)NC(=O)c1cccc(CN(CC(=O)c2cccc(CN)c2)Cc2ccc(O)cc2)c1. The number of hydrogen-bond acceptors (Lipinski definition) is 6. The van der Waals surface area contributed by atoms with Crippen molar-refractivity contribution in [2.45, 2.75) is 19.6 Å². The van der Waals surface area contributed by atoms with Crippen molar-refractivity contribution >= 4 is 11.7 Å². The summed E-state index contributed by atoms with van der Waals surface area (Å²) in [6.45, 7) is 1.56. The van der Waals surface area contributed by atoms with E-state index in [9.17, 15) is 14.7 Å². The fraction of sp³-hybridized carbons (Fsp3) is 0.231. The van der Waals surface area contributed by atoms with Crippen molar-refractivity contribution in [1.82, 2.24) is 15.3 Å². The zero-order chi connectivity index (χ0) is 23.8. The summed E-state index contributed by atoms with van der Waals surface area (Å²) in [4.78, 5) is 27.5. The number of amides is 1. The molecule has 7 nitrogen and oxygen atoms in total. The molecule has 1 amide bonds. The quantitative estimate of drug-likeness (QED) is 0.327. The lowest BCUT2D eigenvalue weighted by Gasteiger charge is -2.22. The number of hydrazine groups is 1. The number of Topliss-reactive ketones (excluding diaryl/α,β-unsaturated/α-hetero) is 1. The van der Waals surface area contributed by atoms with E-state index in [1.807, 2.05) is 53.4 Å². The van der Waals surface area contributed by atoms with E-state index < -0.39 is 0 Å². The maximum absolute atomic E-state index is 13.1. The molecule has 33 heavy (non-hydrogen) atoms. The molecule has 3 aromatic rings. The van der Waals surface area contributed by atoms with Gasteiger partial charge < -0.3 is 10.8 Å². The van der Waals surface area contributed by atoms with Gasteiger partial charge in [0.2, 0.25) is 0 Å².